The van der Waals surface area contributed by atoms with Crippen molar-refractivity contribution in [3.05, 3.63) is 0 Å². The summed E-state index contributed by atoms with van der Waals surface area (Å²) in [7, 11) is 0. The minimum absolute atomic E-state index is 0.475. The molecule has 0 radical (unpaired) electrons. The van der Waals surface area contributed by atoms with Gasteiger partial charge in [0.1, 0.15) is 0 Å². The topological polar surface area (TPSA) is 26.0 Å². The summed E-state index contributed by atoms with van der Waals surface area (Å²) in [4.78, 5) is 0. The maximum atomic E-state index is 5.76. The average Bonchev–Trinajstić information content (AvgIpc) is 2.22. The van der Waals surface area contributed by atoms with Gasteiger partial charge in [0, 0.05) is 0 Å². The largest absolute Gasteiger partial charge is 0.330 e. The van der Waals surface area contributed by atoms with Gasteiger partial charge < -0.3 is 5.73 Å². The van der Waals surface area contributed by atoms with Gasteiger partial charge in [-0.1, -0.05) is 59.8 Å². The molecule has 0 amide bonds. The van der Waals surface area contributed by atoms with Gasteiger partial charge in [-0.05, 0) is 24.3 Å². The molecule has 2 unspecified atom stereocenters. The second-order valence-electron chi connectivity index (χ2n) is 4.95. The fraction of sp³-hybridized carbons (Fsp3) is 1.00. The van der Waals surface area contributed by atoms with Crippen molar-refractivity contribution in [3.63, 3.8) is 0 Å². The quantitative estimate of drug-likeness (QED) is 0.588. The van der Waals surface area contributed by atoms with Crippen molar-refractivity contribution in [1.82, 2.24) is 0 Å². The highest BCUT2D eigenvalue weighted by atomic mass is 14.6. The molecule has 0 aromatic carbocycles. The Morgan fingerprint density at radius 1 is 1.14 bits per heavy atom. The van der Waals surface area contributed by atoms with E-state index in [9.17, 15) is 0 Å². The van der Waals surface area contributed by atoms with E-state index < -0.39 is 0 Å². The summed E-state index contributed by atoms with van der Waals surface area (Å²) < 4.78 is 0. The zero-order chi connectivity index (χ0) is 11.0. The Morgan fingerprint density at radius 2 is 1.79 bits per heavy atom. The van der Waals surface area contributed by atoms with Gasteiger partial charge in [-0.3, -0.25) is 0 Å². The van der Waals surface area contributed by atoms with Crippen LogP contribution in [0.1, 0.15) is 66.2 Å². The van der Waals surface area contributed by atoms with Gasteiger partial charge in [0.05, 0.1) is 0 Å². The minimum atomic E-state index is 0.475. The molecule has 86 valence electrons. The van der Waals surface area contributed by atoms with Gasteiger partial charge in [0.25, 0.3) is 0 Å². The van der Waals surface area contributed by atoms with Gasteiger partial charge in [0.2, 0.25) is 0 Å². The van der Waals surface area contributed by atoms with Crippen LogP contribution in [-0.2, 0) is 0 Å². The molecule has 0 saturated carbocycles. The van der Waals surface area contributed by atoms with Crippen molar-refractivity contribution in [1.29, 1.82) is 0 Å². The highest BCUT2D eigenvalue weighted by molar-refractivity contribution is 4.79. The van der Waals surface area contributed by atoms with Crippen molar-refractivity contribution in [3.8, 4) is 0 Å². The third-order valence-electron chi connectivity index (χ3n) is 3.95. The first-order valence-corrected chi connectivity index (χ1v) is 6.30. The SMILES string of the molecule is CCCCCCC(C)(CC)C(C)CN. The fourth-order valence-corrected chi connectivity index (χ4v) is 2.01. The summed E-state index contributed by atoms with van der Waals surface area (Å²) in [5.74, 6) is 0.661. The second kappa shape index (κ2) is 7.28. The van der Waals surface area contributed by atoms with Crippen LogP contribution < -0.4 is 5.73 Å². The van der Waals surface area contributed by atoms with Crippen molar-refractivity contribution in [2.75, 3.05) is 6.54 Å². The molecule has 0 aliphatic rings. The van der Waals surface area contributed by atoms with Crippen LogP contribution in [0.4, 0.5) is 0 Å². The molecule has 1 nitrogen and oxygen atoms in total. The van der Waals surface area contributed by atoms with Crippen LogP contribution in [0.5, 0.6) is 0 Å². The van der Waals surface area contributed by atoms with E-state index in [1.165, 1.54) is 38.5 Å². The van der Waals surface area contributed by atoms with Crippen LogP contribution in [0, 0.1) is 11.3 Å². The summed E-state index contributed by atoms with van der Waals surface area (Å²) in [6, 6.07) is 0. The Labute approximate surface area is 90.5 Å². The first kappa shape index (κ1) is 14.0. The monoisotopic (exact) mass is 199 g/mol. The predicted molar refractivity (Wildman–Crippen MR) is 65.4 cm³/mol. The molecule has 14 heavy (non-hydrogen) atoms. The Bertz CT molecular complexity index is 133. The molecule has 0 bridgehead atoms. The molecule has 0 rings (SSSR count). The molecule has 0 aliphatic heterocycles. The number of unbranched alkanes of at least 4 members (excludes halogenated alkanes) is 3. The Morgan fingerprint density at radius 3 is 2.21 bits per heavy atom. The molecule has 0 aromatic rings. The minimum Gasteiger partial charge on any atom is -0.330 e. The standard InChI is InChI=1S/C13H29N/c1-5-7-8-9-10-13(4,6-2)12(3)11-14/h12H,5-11,14H2,1-4H3. The van der Waals surface area contributed by atoms with Gasteiger partial charge in [-0.25, -0.2) is 0 Å². The lowest BCUT2D eigenvalue weighted by molar-refractivity contribution is 0.174. The Hall–Kier alpha value is -0.0400. The highest BCUT2D eigenvalue weighted by Gasteiger charge is 2.27. The van der Waals surface area contributed by atoms with E-state index in [-0.39, 0.29) is 0 Å². The maximum Gasteiger partial charge on any atom is -0.00463 e. The van der Waals surface area contributed by atoms with Crippen LogP contribution >= 0.6 is 0 Å². The lowest BCUT2D eigenvalue weighted by Gasteiger charge is -2.34. The summed E-state index contributed by atoms with van der Waals surface area (Å²) in [6.45, 7) is 10.1. The maximum absolute atomic E-state index is 5.76. The van der Waals surface area contributed by atoms with Gasteiger partial charge in [-0.2, -0.15) is 0 Å². The lowest BCUT2D eigenvalue weighted by atomic mass is 9.72. The van der Waals surface area contributed by atoms with E-state index >= 15 is 0 Å². The number of rotatable bonds is 8. The van der Waals surface area contributed by atoms with Gasteiger partial charge in [0.15, 0.2) is 0 Å². The lowest BCUT2D eigenvalue weighted by Crippen LogP contribution is -2.30. The van der Waals surface area contributed by atoms with E-state index in [0.29, 0.717) is 11.3 Å². The normalized spacial score (nSPS) is 17.8. The van der Waals surface area contributed by atoms with E-state index in [1.54, 1.807) is 0 Å². The van der Waals surface area contributed by atoms with Crippen LogP contribution in [0.15, 0.2) is 0 Å². The van der Waals surface area contributed by atoms with E-state index in [0.717, 1.165) is 6.54 Å². The molecule has 0 aliphatic carbocycles. The number of hydrogen-bond acceptors (Lipinski definition) is 1. The molecule has 0 aromatic heterocycles. The highest BCUT2D eigenvalue weighted by Crippen LogP contribution is 2.36. The number of hydrogen-bond donors (Lipinski definition) is 1. The second-order valence-corrected chi connectivity index (χ2v) is 4.95. The molecule has 0 heterocycles. The van der Waals surface area contributed by atoms with Crippen LogP contribution in [0.25, 0.3) is 0 Å². The summed E-state index contributed by atoms with van der Waals surface area (Å²) in [5.41, 5.74) is 6.24. The van der Waals surface area contributed by atoms with E-state index in [4.69, 9.17) is 5.73 Å². The molecular formula is C13H29N. The summed E-state index contributed by atoms with van der Waals surface area (Å²) in [6.07, 6.45) is 8.09. The Kier molecular flexibility index (Phi) is 7.26. The van der Waals surface area contributed by atoms with Crippen LogP contribution in [-0.4, -0.2) is 6.54 Å². The van der Waals surface area contributed by atoms with E-state index in [1.807, 2.05) is 0 Å². The van der Waals surface area contributed by atoms with Crippen molar-refractivity contribution in [2.45, 2.75) is 66.2 Å². The molecule has 0 saturated heterocycles. The van der Waals surface area contributed by atoms with Crippen LogP contribution in [0.3, 0.4) is 0 Å². The zero-order valence-electron chi connectivity index (χ0n) is 10.6. The zero-order valence-corrected chi connectivity index (χ0v) is 10.6. The van der Waals surface area contributed by atoms with E-state index in [2.05, 4.69) is 27.7 Å². The molecule has 0 fully saturated rings. The van der Waals surface area contributed by atoms with Crippen molar-refractivity contribution in [2.24, 2.45) is 17.1 Å². The van der Waals surface area contributed by atoms with Crippen molar-refractivity contribution >= 4 is 0 Å². The summed E-state index contributed by atoms with van der Waals surface area (Å²) >= 11 is 0. The van der Waals surface area contributed by atoms with Crippen molar-refractivity contribution < 1.29 is 0 Å². The third kappa shape index (κ3) is 4.45. The molecule has 0 spiro atoms. The first-order valence-electron chi connectivity index (χ1n) is 6.30. The van der Waals surface area contributed by atoms with Gasteiger partial charge in [-0.15, -0.1) is 0 Å². The fourth-order valence-electron chi connectivity index (χ4n) is 2.01. The molecule has 1 heteroatoms. The first-order chi connectivity index (χ1) is 6.60. The average molecular weight is 199 g/mol. The predicted octanol–water partition coefficient (Wildman–Crippen LogP) is 3.97. The Balaban J connectivity index is 3.86. The molecule has 2 N–H and O–H groups in total. The van der Waals surface area contributed by atoms with Crippen LogP contribution in [0.2, 0.25) is 0 Å². The van der Waals surface area contributed by atoms with Gasteiger partial charge >= 0.3 is 0 Å². The third-order valence-corrected chi connectivity index (χ3v) is 3.95. The molecular weight excluding hydrogens is 170 g/mol. The number of nitrogens with two attached hydrogens (primary N) is 1. The smallest absolute Gasteiger partial charge is 0.00463 e. The molecule has 2 atom stereocenters. The summed E-state index contributed by atoms with van der Waals surface area (Å²) in [5, 5.41) is 0.